The fourth-order valence-electron chi connectivity index (χ4n) is 2.83. The highest BCUT2D eigenvalue weighted by molar-refractivity contribution is 7.89. The van der Waals surface area contributed by atoms with Gasteiger partial charge in [-0.15, -0.1) is 0 Å². The van der Waals surface area contributed by atoms with Crippen LogP contribution < -0.4 is 4.72 Å². The van der Waals surface area contributed by atoms with Crippen molar-refractivity contribution in [1.82, 2.24) is 4.72 Å². The van der Waals surface area contributed by atoms with Crippen molar-refractivity contribution in [3.05, 3.63) is 33.9 Å². The molecule has 0 spiro atoms. The maximum Gasteiger partial charge on any atom is 0.306 e. The first-order chi connectivity index (χ1) is 10.7. The van der Waals surface area contributed by atoms with Crippen molar-refractivity contribution in [2.75, 3.05) is 0 Å². The molecule has 0 heterocycles. The average Bonchev–Trinajstić information content (AvgIpc) is 2.47. The first-order valence-electron chi connectivity index (χ1n) is 7.21. The number of nitrogens with zero attached hydrogens (tertiary/aromatic N) is 1. The van der Waals surface area contributed by atoms with Gasteiger partial charge in [-0.1, -0.05) is 6.07 Å². The Kier molecular flexibility index (Phi) is 5.00. The van der Waals surface area contributed by atoms with Gasteiger partial charge in [-0.05, 0) is 38.7 Å². The Morgan fingerprint density at radius 1 is 1.30 bits per heavy atom. The van der Waals surface area contributed by atoms with Gasteiger partial charge in [0.25, 0.3) is 5.69 Å². The highest BCUT2D eigenvalue weighted by Crippen LogP contribution is 2.28. The van der Waals surface area contributed by atoms with Crippen LogP contribution >= 0.6 is 0 Å². The lowest BCUT2D eigenvalue weighted by molar-refractivity contribution is -0.385. The fourth-order valence-corrected chi connectivity index (χ4v) is 4.40. The molecule has 2 N–H and O–H groups in total. The van der Waals surface area contributed by atoms with Crippen LogP contribution in [0.5, 0.6) is 0 Å². The van der Waals surface area contributed by atoms with E-state index in [2.05, 4.69) is 4.72 Å². The van der Waals surface area contributed by atoms with Crippen molar-refractivity contribution in [3.63, 3.8) is 0 Å². The number of nitro benzene ring substituents is 1. The predicted octanol–water partition coefficient (Wildman–Crippen LogP) is 1.82. The van der Waals surface area contributed by atoms with E-state index >= 15 is 0 Å². The highest BCUT2D eigenvalue weighted by atomic mass is 32.2. The molecule has 0 amide bonds. The van der Waals surface area contributed by atoms with Gasteiger partial charge in [-0.2, -0.15) is 0 Å². The minimum atomic E-state index is -3.89. The van der Waals surface area contributed by atoms with E-state index < -0.39 is 26.8 Å². The molecule has 2 rings (SSSR count). The van der Waals surface area contributed by atoms with Gasteiger partial charge in [0.2, 0.25) is 10.0 Å². The monoisotopic (exact) mass is 342 g/mol. The number of carbonyl (C=O) groups is 1. The van der Waals surface area contributed by atoms with Gasteiger partial charge in [0.05, 0.1) is 15.7 Å². The van der Waals surface area contributed by atoms with Crippen LogP contribution in [0.1, 0.15) is 31.2 Å². The molecule has 0 atom stereocenters. The maximum absolute atomic E-state index is 12.5. The number of sulfonamides is 1. The standard InChI is InChI=1S/C14H18N2O6S/c1-9-12(16(19)20)3-2-4-13(9)23(21,22)15-11-7-5-10(6-8-11)14(17)18/h2-4,10-11,15H,5-8H2,1H3,(H,17,18). The quantitative estimate of drug-likeness (QED) is 0.621. The highest BCUT2D eigenvalue weighted by Gasteiger charge is 2.30. The molecule has 8 nitrogen and oxygen atoms in total. The summed E-state index contributed by atoms with van der Waals surface area (Å²) in [6.45, 7) is 1.40. The van der Waals surface area contributed by atoms with Crippen LogP contribution in [0.4, 0.5) is 5.69 Å². The summed E-state index contributed by atoms with van der Waals surface area (Å²) < 4.78 is 27.5. The second kappa shape index (κ2) is 6.63. The van der Waals surface area contributed by atoms with Crippen LogP contribution in [0.3, 0.4) is 0 Å². The van der Waals surface area contributed by atoms with Crippen molar-refractivity contribution in [2.45, 2.75) is 43.5 Å². The molecule has 0 unspecified atom stereocenters. The summed E-state index contributed by atoms with van der Waals surface area (Å²) in [5.74, 6) is -1.30. The van der Waals surface area contributed by atoms with Crippen molar-refractivity contribution < 1.29 is 23.2 Å². The zero-order valence-corrected chi connectivity index (χ0v) is 13.4. The number of carboxylic acid groups (broad SMARTS) is 1. The predicted molar refractivity (Wildman–Crippen MR) is 81.5 cm³/mol. The Morgan fingerprint density at radius 3 is 2.43 bits per heavy atom. The van der Waals surface area contributed by atoms with E-state index in [1.165, 1.54) is 25.1 Å². The molecule has 1 saturated carbocycles. The summed E-state index contributed by atoms with van der Waals surface area (Å²) in [5.41, 5.74) is -0.160. The second-order valence-electron chi connectivity index (χ2n) is 5.67. The van der Waals surface area contributed by atoms with Gasteiger partial charge >= 0.3 is 5.97 Å². The minimum Gasteiger partial charge on any atom is -0.481 e. The molecule has 23 heavy (non-hydrogen) atoms. The number of nitrogens with one attached hydrogen (secondary N) is 1. The third-order valence-electron chi connectivity index (χ3n) is 4.14. The van der Waals surface area contributed by atoms with E-state index in [-0.39, 0.29) is 22.2 Å². The molecule has 1 aliphatic rings. The van der Waals surface area contributed by atoms with E-state index in [1.54, 1.807) is 0 Å². The van der Waals surface area contributed by atoms with Gasteiger partial charge in [0.15, 0.2) is 0 Å². The van der Waals surface area contributed by atoms with E-state index in [4.69, 9.17) is 5.11 Å². The number of rotatable bonds is 5. The Labute approximate surface area is 133 Å². The van der Waals surface area contributed by atoms with Crippen molar-refractivity contribution in [1.29, 1.82) is 0 Å². The van der Waals surface area contributed by atoms with Crippen LogP contribution in [-0.2, 0) is 14.8 Å². The molecular formula is C14H18N2O6S. The van der Waals surface area contributed by atoms with E-state index in [9.17, 15) is 23.3 Å². The summed E-state index contributed by atoms with van der Waals surface area (Å²) in [4.78, 5) is 21.1. The lowest BCUT2D eigenvalue weighted by Crippen LogP contribution is -2.38. The molecule has 0 radical (unpaired) electrons. The summed E-state index contributed by atoms with van der Waals surface area (Å²) in [7, 11) is -3.89. The SMILES string of the molecule is Cc1c([N+](=O)[O-])cccc1S(=O)(=O)NC1CCC(C(=O)O)CC1. The zero-order chi connectivity index (χ0) is 17.2. The average molecular weight is 342 g/mol. The number of benzene rings is 1. The third kappa shape index (κ3) is 3.85. The molecular weight excluding hydrogens is 324 g/mol. The van der Waals surface area contributed by atoms with Crippen LogP contribution in [0, 0.1) is 23.0 Å². The molecule has 1 fully saturated rings. The first-order valence-corrected chi connectivity index (χ1v) is 8.70. The molecule has 0 aromatic heterocycles. The molecule has 1 aromatic rings. The number of carboxylic acids is 1. The summed E-state index contributed by atoms with van der Waals surface area (Å²) in [5, 5.41) is 19.9. The Hall–Kier alpha value is -2.00. The largest absolute Gasteiger partial charge is 0.481 e. The van der Waals surface area contributed by atoms with E-state index in [0.29, 0.717) is 25.7 Å². The fraction of sp³-hybridized carbons (Fsp3) is 0.500. The van der Waals surface area contributed by atoms with Gasteiger partial charge in [-0.3, -0.25) is 14.9 Å². The smallest absolute Gasteiger partial charge is 0.306 e. The lowest BCUT2D eigenvalue weighted by atomic mass is 9.87. The van der Waals surface area contributed by atoms with Crippen LogP contribution in [0.15, 0.2) is 23.1 Å². The van der Waals surface area contributed by atoms with Crippen LogP contribution in [-0.4, -0.2) is 30.5 Å². The van der Waals surface area contributed by atoms with Gasteiger partial charge in [-0.25, -0.2) is 13.1 Å². The number of aliphatic carboxylic acids is 1. The lowest BCUT2D eigenvalue weighted by Gasteiger charge is -2.26. The van der Waals surface area contributed by atoms with E-state index in [0.717, 1.165) is 0 Å². The topological polar surface area (TPSA) is 127 Å². The van der Waals surface area contributed by atoms with Crippen LogP contribution in [0.2, 0.25) is 0 Å². The zero-order valence-electron chi connectivity index (χ0n) is 12.6. The van der Waals surface area contributed by atoms with Crippen molar-refractivity contribution in [2.24, 2.45) is 5.92 Å². The molecule has 0 bridgehead atoms. The molecule has 1 aliphatic carbocycles. The summed E-state index contributed by atoms with van der Waals surface area (Å²) in [6, 6.07) is 3.57. The van der Waals surface area contributed by atoms with Crippen molar-refractivity contribution in [3.8, 4) is 0 Å². The Bertz CT molecular complexity index is 723. The van der Waals surface area contributed by atoms with Gasteiger partial charge < -0.3 is 5.11 Å². The van der Waals surface area contributed by atoms with Crippen LogP contribution in [0.25, 0.3) is 0 Å². The molecule has 126 valence electrons. The molecule has 0 aliphatic heterocycles. The first kappa shape index (κ1) is 17.4. The number of hydrogen-bond donors (Lipinski definition) is 2. The minimum absolute atomic E-state index is 0.0872. The van der Waals surface area contributed by atoms with Crippen molar-refractivity contribution >= 4 is 21.7 Å². The molecule has 9 heteroatoms. The van der Waals surface area contributed by atoms with E-state index in [1.807, 2.05) is 0 Å². The number of nitro groups is 1. The molecule has 1 aromatic carbocycles. The second-order valence-corrected chi connectivity index (χ2v) is 7.35. The van der Waals surface area contributed by atoms with Gasteiger partial charge in [0, 0.05) is 17.7 Å². The Balaban J connectivity index is 2.16. The maximum atomic E-state index is 12.5. The summed E-state index contributed by atoms with van der Waals surface area (Å²) in [6.07, 6.45) is 1.70. The Morgan fingerprint density at radius 2 is 1.91 bits per heavy atom. The number of hydrogen-bond acceptors (Lipinski definition) is 5. The van der Waals surface area contributed by atoms with Gasteiger partial charge in [0.1, 0.15) is 0 Å². The molecule has 0 saturated heterocycles. The normalized spacial score (nSPS) is 21.8. The summed E-state index contributed by atoms with van der Waals surface area (Å²) >= 11 is 0. The third-order valence-corrected chi connectivity index (χ3v) is 5.80.